The Morgan fingerprint density at radius 3 is 2.62 bits per heavy atom. The van der Waals surface area contributed by atoms with Crippen LogP contribution in [0.25, 0.3) is 0 Å². The summed E-state index contributed by atoms with van der Waals surface area (Å²) in [7, 11) is 0. The lowest BCUT2D eigenvalue weighted by Crippen LogP contribution is -2.45. The lowest BCUT2D eigenvalue weighted by molar-refractivity contribution is 0.179. The number of rotatable bonds is 8. The van der Waals surface area contributed by atoms with Gasteiger partial charge in [-0.1, -0.05) is 25.1 Å². The second-order valence-electron chi connectivity index (χ2n) is 8.34. The third kappa shape index (κ3) is 6.68. The van der Waals surface area contributed by atoms with Gasteiger partial charge in [-0.2, -0.15) is 0 Å². The molecule has 3 rings (SSSR count). The van der Waals surface area contributed by atoms with E-state index >= 15 is 0 Å². The van der Waals surface area contributed by atoms with Gasteiger partial charge in [-0.3, -0.25) is 14.8 Å². The normalized spacial score (nSPS) is 22.2. The second-order valence-corrected chi connectivity index (χ2v) is 8.34. The van der Waals surface area contributed by atoms with Crippen LogP contribution in [0.2, 0.25) is 0 Å². The molecule has 0 aromatic heterocycles. The molecule has 2 N–H and O–H groups in total. The molecule has 2 aliphatic rings. The molecule has 0 bridgehead atoms. The van der Waals surface area contributed by atoms with Crippen LogP contribution in [-0.2, 0) is 6.54 Å². The Bertz CT molecular complexity index is 642. The van der Waals surface area contributed by atoms with E-state index < -0.39 is 0 Å². The zero-order valence-corrected chi connectivity index (χ0v) is 18.2. The summed E-state index contributed by atoms with van der Waals surface area (Å²) in [6.45, 7) is 12.2. The predicted octanol–water partition coefficient (Wildman–Crippen LogP) is 3.08. The monoisotopic (exact) mass is 403 g/mol. The molecule has 6 heteroatoms. The molecule has 162 valence electrons. The Morgan fingerprint density at radius 2 is 1.90 bits per heavy atom. The van der Waals surface area contributed by atoms with Crippen LogP contribution in [0.1, 0.15) is 45.1 Å². The van der Waals surface area contributed by atoms with Gasteiger partial charge in [0.25, 0.3) is 0 Å². The summed E-state index contributed by atoms with van der Waals surface area (Å²) in [5, 5.41) is 6.95. The molecule has 0 amide bonds. The highest BCUT2D eigenvalue weighted by atomic mass is 19.1. The van der Waals surface area contributed by atoms with E-state index in [-0.39, 0.29) is 5.82 Å². The molecular formula is C23H38FN5. The molecule has 1 unspecified atom stereocenters. The van der Waals surface area contributed by atoms with Crippen LogP contribution < -0.4 is 10.6 Å². The van der Waals surface area contributed by atoms with Crippen molar-refractivity contribution in [1.82, 2.24) is 20.4 Å². The Morgan fingerprint density at radius 1 is 1.10 bits per heavy atom. The number of halogens is 1. The first-order valence-corrected chi connectivity index (χ1v) is 11.4. The Balaban J connectivity index is 1.42. The summed E-state index contributed by atoms with van der Waals surface area (Å²) >= 11 is 0. The van der Waals surface area contributed by atoms with E-state index in [4.69, 9.17) is 4.99 Å². The Hall–Kier alpha value is -1.66. The Kier molecular flexibility index (Phi) is 8.74. The standard InChI is InChI=1S/C23H38FN5/c1-3-25-23(27-17-21-9-7-13-29(21)4-2)26-16-19-11-14-28(15-12-19)18-20-8-5-6-10-22(20)24/h5-6,8,10,19,21H,3-4,7,9,11-18H2,1-2H3,(H2,25,26,27). The number of hydrogen-bond donors (Lipinski definition) is 2. The van der Waals surface area contributed by atoms with E-state index in [1.165, 1.54) is 19.4 Å². The fraction of sp³-hybridized carbons (Fsp3) is 0.696. The van der Waals surface area contributed by atoms with Crippen molar-refractivity contribution in [3.05, 3.63) is 35.6 Å². The van der Waals surface area contributed by atoms with E-state index in [1.54, 1.807) is 12.1 Å². The minimum atomic E-state index is -0.0931. The smallest absolute Gasteiger partial charge is 0.191 e. The van der Waals surface area contributed by atoms with E-state index in [1.807, 2.05) is 12.1 Å². The highest BCUT2D eigenvalue weighted by Crippen LogP contribution is 2.20. The van der Waals surface area contributed by atoms with Crippen LogP contribution in [0.3, 0.4) is 0 Å². The van der Waals surface area contributed by atoms with Crippen LogP contribution in [0, 0.1) is 11.7 Å². The van der Waals surface area contributed by atoms with Crippen molar-refractivity contribution >= 4 is 5.96 Å². The second kappa shape index (κ2) is 11.5. The first-order valence-electron chi connectivity index (χ1n) is 11.4. The predicted molar refractivity (Wildman–Crippen MR) is 119 cm³/mol. The van der Waals surface area contributed by atoms with Crippen molar-refractivity contribution in [2.45, 2.75) is 52.1 Å². The van der Waals surface area contributed by atoms with E-state index in [0.29, 0.717) is 18.5 Å². The lowest BCUT2D eigenvalue weighted by Gasteiger charge is -2.31. The molecule has 1 aromatic carbocycles. The van der Waals surface area contributed by atoms with Crippen molar-refractivity contribution in [2.24, 2.45) is 10.9 Å². The maximum Gasteiger partial charge on any atom is 0.191 e. The number of likely N-dealkylation sites (tertiary alicyclic amines) is 2. The van der Waals surface area contributed by atoms with Gasteiger partial charge in [-0.05, 0) is 70.8 Å². The zero-order chi connectivity index (χ0) is 20.5. The largest absolute Gasteiger partial charge is 0.357 e. The van der Waals surface area contributed by atoms with Crippen molar-refractivity contribution in [3.8, 4) is 0 Å². The molecule has 2 saturated heterocycles. The molecule has 1 atom stereocenters. The molecule has 2 aliphatic heterocycles. The van der Waals surface area contributed by atoms with Crippen molar-refractivity contribution < 1.29 is 4.39 Å². The van der Waals surface area contributed by atoms with Crippen molar-refractivity contribution in [3.63, 3.8) is 0 Å². The SMILES string of the molecule is CCNC(=NCC1CCN(Cc2ccccc2F)CC1)NCC1CCCN1CC. The number of likely N-dealkylation sites (N-methyl/N-ethyl adjacent to an activating group) is 1. The van der Waals surface area contributed by atoms with Crippen molar-refractivity contribution in [2.75, 3.05) is 45.8 Å². The highest BCUT2D eigenvalue weighted by Gasteiger charge is 2.23. The quantitative estimate of drug-likeness (QED) is 0.517. The van der Waals surface area contributed by atoms with E-state index in [2.05, 4.69) is 34.3 Å². The van der Waals surface area contributed by atoms with Crippen LogP contribution in [0.15, 0.2) is 29.3 Å². The number of piperidine rings is 1. The van der Waals surface area contributed by atoms with Gasteiger partial charge in [0.15, 0.2) is 5.96 Å². The highest BCUT2D eigenvalue weighted by molar-refractivity contribution is 5.79. The van der Waals surface area contributed by atoms with Gasteiger partial charge in [-0.15, -0.1) is 0 Å². The van der Waals surface area contributed by atoms with E-state index in [9.17, 15) is 4.39 Å². The lowest BCUT2D eigenvalue weighted by atomic mass is 9.96. The number of hydrogen-bond acceptors (Lipinski definition) is 3. The molecule has 0 spiro atoms. The summed E-state index contributed by atoms with van der Waals surface area (Å²) in [4.78, 5) is 9.79. The minimum Gasteiger partial charge on any atom is -0.357 e. The minimum absolute atomic E-state index is 0.0931. The van der Waals surface area contributed by atoms with Gasteiger partial charge in [0.05, 0.1) is 0 Å². The number of aliphatic imine (C=N–C) groups is 1. The van der Waals surface area contributed by atoms with Crippen LogP contribution in [0.4, 0.5) is 4.39 Å². The number of benzene rings is 1. The van der Waals surface area contributed by atoms with Crippen LogP contribution >= 0.6 is 0 Å². The topological polar surface area (TPSA) is 42.9 Å². The first kappa shape index (κ1) is 22.0. The Labute approximate surface area is 175 Å². The molecular weight excluding hydrogens is 365 g/mol. The van der Waals surface area contributed by atoms with Crippen LogP contribution in [0.5, 0.6) is 0 Å². The zero-order valence-electron chi connectivity index (χ0n) is 18.2. The summed E-state index contributed by atoms with van der Waals surface area (Å²) in [6, 6.07) is 7.75. The average molecular weight is 404 g/mol. The third-order valence-corrected chi connectivity index (χ3v) is 6.32. The fourth-order valence-electron chi connectivity index (χ4n) is 4.51. The molecule has 0 saturated carbocycles. The summed E-state index contributed by atoms with van der Waals surface area (Å²) in [5.41, 5.74) is 0.802. The molecule has 5 nitrogen and oxygen atoms in total. The molecule has 0 aliphatic carbocycles. The molecule has 1 aromatic rings. The molecule has 2 heterocycles. The van der Waals surface area contributed by atoms with Gasteiger partial charge < -0.3 is 10.6 Å². The molecule has 2 fully saturated rings. The van der Waals surface area contributed by atoms with Gasteiger partial charge in [0, 0.05) is 37.8 Å². The third-order valence-electron chi connectivity index (χ3n) is 6.32. The average Bonchev–Trinajstić information content (AvgIpc) is 3.20. The summed E-state index contributed by atoms with van der Waals surface area (Å²) in [6.07, 6.45) is 4.84. The number of nitrogens with one attached hydrogen (secondary N) is 2. The first-order chi connectivity index (χ1) is 14.2. The van der Waals surface area contributed by atoms with E-state index in [0.717, 1.165) is 63.6 Å². The maximum absolute atomic E-state index is 13.9. The van der Waals surface area contributed by atoms with Crippen LogP contribution in [-0.4, -0.2) is 67.6 Å². The van der Waals surface area contributed by atoms with Gasteiger partial charge in [0.1, 0.15) is 5.82 Å². The molecule has 29 heavy (non-hydrogen) atoms. The summed E-state index contributed by atoms with van der Waals surface area (Å²) < 4.78 is 13.9. The van der Waals surface area contributed by atoms with Gasteiger partial charge in [0.2, 0.25) is 0 Å². The van der Waals surface area contributed by atoms with Gasteiger partial charge >= 0.3 is 0 Å². The molecule has 0 radical (unpaired) electrons. The summed E-state index contributed by atoms with van der Waals surface area (Å²) in [5.74, 6) is 1.47. The van der Waals surface area contributed by atoms with Gasteiger partial charge in [-0.25, -0.2) is 4.39 Å². The van der Waals surface area contributed by atoms with Crippen molar-refractivity contribution in [1.29, 1.82) is 0 Å². The fourth-order valence-corrected chi connectivity index (χ4v) is 4.51. The number of guanidine groups is 1. The number of nitrogens with zero attached hydrogens (tertiary/aromatic N) is 3. The maximum atomic E-state index is 13.9.